The fourth-order valence-electron chi connectivity index (χ4n) is 4.63. The molecule has 5 rings (SSSR count). The number of nitrogens with zero attached hydrogens (tertiary/aromatic N) is 5. The van der Waals surface area contributed by atoms with E-state index >= 15 is 0 Å². The number of hydrogen-bond acceptors (Lipinski definition) is 7. The summed E-state index contributed by atoms with van der Waals surface area (Å²) in [5.74, 6) is 1.18. The summed E-state index contributed by atoms with van der Waals surface area (Å²) in [6, 6.07) is 8.09. The standard InChI is InChI=1S/C30H44N6O4Si2/c1-38-30-23(16-26-25(32-30)17-31-36(26)20-40-13-15-42(5,6)7)24-18-35(19-39-12-14-41(2,3)4)28-22(24)10-11-27(33-28)34-29(37)21-8-9-21/h10-11,16-18,21H,8-9,12-15,19-20H2,1-7H3,(H,33,34,37). The second-order valence-electron chi connectivity index (χ2n) is 13.6. The normalized spacial score (nSPS) is 14.2. The van der Waals surface area contributed by atoms with Crippen LogP contribution in [0.3, 0.4) is 0 Å². The van der Waals surface area contributed by atoms with Crippen molar-refractivity contribution in [2.75, 3.05) is 25.6 Å². The lowest BCUT2D eigenvalue weighted by Gasteiger charge is -2.15. The Morgan fingerprint density at radius 2 is 1.67 bits per heavy atom. The zero-order valence-electron chi connectivity index (χ0n) is 26.0. The Bertz CT molecular complexity index is 1570. The van der Waals surface area contributed by atoms with Crippen LogP contribution in [0.1, 0.15) is 12.8 Å². The molecule has 0 radical (unpaired) electrons. The topological polar surface area (TPSA) is 105 Å². The minimum Gasteiger partial charge on any atom is -0.481 e. The summed E-state index contributed by atoms with van der Waals surface area (Å²) < 4.78 is 21.7. The van der Waals surface area contributed by atoms with Crippen LogP contribution in [0.15, 0.2) is 30.6 Å². The van der Waals surface area contributed by atoms with Crippen molar-refractivity contribution in [3.63, 3.8) is 0 Å². The number of carbonyl (C=O) groups is 1. The first-order valence-corrected chi connectivity index (χ1v) is 22.2. The van der Waals surface area contributed by atoms with Crippen LogP contribution in [0, 0.1) is 5.92 Å². The van der Waals surface area contributed by atoms with E-state index in [1.165, 1.54) is 0 Å². The van der Waals surface area contributed by atoms with E-state index in [-0.39, 0.29) is 11.8 Å². The molecule has 12 heteroatoms. The van der Waals surface area contributed by atoms with Gasteiger partial charge < -0.3 is 24.1 Å². The molecule has 1 amide bonds. The van der Waals surface area contributed by atoms with Crippen molar-refractivity contribution in [1.82, 2.24) is 24.3 Å². The smallest absolute Gasteiger partial charge is 0.228 e. The second kappa shape index (κ2) is 12.3. The third kappa shape index (κ3) is 7.46. The molecule has 1 saturated carbocycles. The third-order valence-corrected chi connectivity index (χ3v) is 10.8. The van der Waals surface area contributed by atoms with Gasteiger partial charge in [-0.05, 0) is 43.1 Å². The Hall–Kier alpha value is -3.07. The molecule has 0 aromatic carbocycles. The summed E-state index contributed by atoms with van der Waals surface area (Å²) >= 11 is 0. The van der Waals surface area contributed by atoms with Gasteiger partial charge in [-0.25, -0.2) is 14.6 Å². The van der Waals surface area contributed by atoms with E-state index in [0.29, 0.717) is 38.4 Å². The number of rotatable bonds is 14. The number of aromatic nitrogens is 5. The van der Waals surface area contributed by atoms with Gasteiger partial charge in [0.05, 0.1) is 18.8 Å². The molecule has 0 unspecified atom stereocenters. The number of nitrogens with one attached hydrogen (secondary N) is 1. The zero-order chi connectivity index (χ0) is 30.1. The van der Waals surface area contributed by atoms with E-state index < -0.39 is 16.1 Å². The molecule has 0 aliphatic heterocycles. The number of pyridine rings is 2. The predicted molar refractivity (Wildman–Crippen MR) is 172 cm³/mol. The van der Waals surface area contributed by atoms with Crippen LogP contribution < -0.4 is 10.1 Å². The summed E-state index contributed by atoms with van der Waals surface area (Å²) in [6.07, 6.45) is 5.66. The molecule has 4 aromatic heterocycles. The fraction of sp³-hybridized carbons (Fsp3) is 0.533. The quantitative estimate of drug-likeness (QED) is 0.130. The fourth-order valence-corrected chi connectivity index (χ4v) is 6.14. The molecule has 0 bridgehead atoms. The van der Waals surface area contributed by atoms with Crippen molar-refractivity contribution >= 4 is 49.9 Å². The highest BCUT2D eigenvalue weighted by atomic mass is 28.3. The average molecular weight is 609 g/mol. The molecule has 1 N–H and O–H groups in total. The number of amides is 1. The van der Waals surface area contributed by atoms with Crippen LogP contribution >= 0.6 is 0 Å². The van der Waals surface area contributed by atoms with Gasteiger partial charge in [0.1, 0.15) is 30.4 Å². The number of anilines is 1. The van der Waals surface area contributed by atoms with Crippen LogP contribution in [0.4, 0.5) is 5.82 Å². The summed E-state index contributed by atoms with van der Waals surface area (Å²) in [6.45, 7) is 16.2. The molecular weight excluding hydrogens is 565 g/mol. The first-order chi connectivity index (χ1) is 19.9. The minimum absolute atomic E-state index is 0.0308. The van der Waals surface area contributed by atoms with Gasteiger partial charge in [-0.1, -0.05) is 39.3 Å². The van der Waals surface area contributed by atoms with Crippen molar-refractivity contribution < 1.29 is 19.0 Å². The maximum absolute atomic E-state index is 12.5. The Morgan fingerprint density at radius 3 is 2.31 bits per heavy atom. The Morgan fingerprint density at radius 1 is 0.976 bits per heavy atom. The van der Waals surface area contributed by atoms with Crippen LogP contribution in [-0.4, -0.2) is 66.7 Å². The Kier molecular flexibility index (Phi) is 8.88. The monoisotopic (exact) mass is 608 g/mol. The number of methoxy groups -OCH3 is 1. The van der Waals surface area contributed by atoms with Gasteiger partial charge >= 0.3 is 0 Å². The predicted octanol–water partition coefficient (Wildman–Crippen LogP) is 6.43. The summed E-state index contributed by atoms with van der Waals surface area (Å²) in [5.41, 5.74) is 4.09. The van der Waals surface area contributed by atoms with Gasteiger partial charge in [0.15, 0.2) is 0 Å². The van der Waals surface area contributed by atoms with Crippen LogP contribution in [0.25, 0.3) is 33.2 Å². The Labute approximate surface area is 249 Å². The molecule has 1 aliphatic carbocycles. The molecule has 0 saturated heterocycles. The van der Waals surface area contributed by atoms with E-state index in [2.05, 4.69) is 55.8 Å². The Balaban J connectivity index is 1.49. The number of carbonyl (C=O) groups excluding carboxylic acids is 1. The third-order valence-electron chi connectivity index (χ3n) is 7.44. The van der Waals surface area contributed by atoms with E-state index in [0.717, 1.165) is 58.1 Å². The van der Waals surface area contributed by atoms with E-state index in [1.54, 1.807) is 13.3 Å². The van der Waals surface area contributed by atoms with E-state index in [1.807, 2.05) is 27.6 Å². The molecule has 1 fully saturated rings. The van der Waals surface area contributed by atoms with Crippen molar-refractivity contribution in [3.05, 3.63) is 30.6 Å². The summed E-state index contributed by atoms with van der Waals surface area (Å²) in [5, 5.41) is 8.45. The van der Waals surface area contributed by atoms with Crippen LogP contribution in [0.5, 0.6) is 5.88 Å². The van der Waals surface area contributed by atoms with Crippen LogP contribution in [-0.2, 0) is 27.7 Å². The molecular formula is C30H44N6O4Si2. The molecule has 0 spiro atoms. The largest absolute Gasteiger partial charge is 0.481 e. The maximum Gasteiger partial charge on any atom is 0.228 e. The summed E-state index contributed by atoms with van der Waals surface area (Å²) in [7, 11) is -0.781. The number of fused-ring (bicyclic) bond motifs is 2. The first-order valence-electron chi connectivity index (χ1n) is 14.8. The highest BCUT2D eigenvalue weighted by Gasteiger charge is 2.30. The van der Waals surface area contributed by atoms with Gasteiger partial charge in [0, 0.05) is 58.0 Å². The lowest BCUT2D eigenvalue weighted by Crippen LogP contribution is -2.22. The van der Waals surface area contributed by atoms with Gasteiger partial charge in [0.2, 0.25) is 11.8 Å². The van der Waals surface area contributed by atoms with Gasteiger partial charge in [0.25, 0.3) is 0 Å². The van der Waals surface area contributed by atoms with E-state index in [4.69, 9.17) is 24.2 Å². The molecule has 4 heterocycles. The van der Waals surface area contributed by atoms with Crippen molar-refractivity contribution in [2.45, 2.75) is 77.7 Å². The lowest BCUT2D eigenvalue weighted by molar-refractivity contribution is -0.117. The maximum atomic E-state index is 12.5. The number of hydrogen-bond donors (Lipinski definition) is 1. The molecule has 0 atom stereocenters. The van der Waals surface area contributed by atoms with Gasteiger partial charge in [-0.3, -0.25) is 4.79 Å². The SMILES string of the molecule is COc1nc2cnn(COCC[Si](C)(C)C)c2cc1-c1cn(COCC[Si](C)(C)C)c2nc(NC(=O)C3CC3)ccc12. The van der Waals surface area contributed by atoms with Crippen molar-refractivity contribution in [1.29, 1.82) is 0 Å². The molecule has 226 valence electrons. The minimum atomic E-state index is -1.23. The highest BCUT2D eigenvalue weighted by molar-refractivity contribution is 6.76. The zero-order valence-corrected chi connectivity index (χ0v) is 28.0. The lowest BCUT2D eigenvalue weighted by atomic mass is 10.1. The molecule has 4 aromatic rings. The molecule has 10 nitrogen and oxygen atoms in total. The molecule has 1 aliphatic rings. The van der Waals surface area contributed by atoms with Gasteiger partial charge in [-0.2, -0.15) is 5.10 Å². The van der Waals surface area contributed by atoms with Gasteiger partial charge in [-0.15, -0.1) is 0 Å². The second-order valence-corrected chi connectivity index (χ2v) is 24.9. The number of ether oxygens (including phenoxy) is 3. The van der Waals surface area contributed by atoms with Crippen LogP contribution in [0.2, 0.25) is 51.4 Å². The summed E-state index contributed by atoms with van der Waals surface area (Å²) in [4.78, 5) is 22.1. The van der Waals surface area contributed by atoms with Crippen molar-refractivity contribution in [2.24, 2.45) is 5.92 Å². The average Bonchev–Trinajstić information content (AvgIpc) is 3.62. The first kappa shape index (κ1) is 30.4. The van der Waals surface area contributed by atoms with E-state index in [9.17, 15) is 4.79 Å². The molecule has 42 heavy (non-hydrogen) atoms. The highest BCUT2D eigenvalue weighted by Crippen LogP contribution is 2.38. The van der Waals surface area contributed by atoms with Crippen molar-refractivity contribution in [3.8, 4) is 17.0 Å².